The third-order valence-corrected chi connectivity index (χ3v) is 3.93. The minimum Gasteiger partial charge on any atom is -0.494 e. The van der Waals surface area contributed by atoms with Gasteiger partial charge in [0.25, 0.3) is 0 Å². The van der Waals surface area contributed by atoms with Crippen LogP contribution < -0.4 is 20.7 Å². The highest BCUT2D eigenvalue weighted by Crippen LogP contribution is 2.34. The van der Waals surface area contributed by atoms with Gasteiger partial charge in [-0.05, 0) is 32.4 Å². The molecule has 0 aromatic heterocycles. The number of ether oxygens (including phenoxy) is 1. The summed E-state index contributed by atoms with van der Waals surface area (Å²) in [5, 5.41) is 2.83. The Kier molecular flexibility index (Phi) is 6.41. The molecule has 1 aromatic rings. The van der Waals surface area contributed by atoms with Gasteiger partial charge in [0.2, 0.25) is 11.8 Å². The van der Waals surface area contributed by atoms with Gasteiger partial charge in [0.15, 0.2) is 0 Å². The number of nitrogens with one attached hydrogen (secondary N) is 1. The molecule has 128 valence electrons. The van der Waals surface area contributed by atoms with Gasteiger partial charge in [-0.2, -0.15) is 0 Å². The van der Waals surface area contributed by atoms with E-state index in [1.165, 1.54) is 0 Å². The summed E-state index contributed by atoms with van der Waals surface area (Å²) >= 11 is 0. The zero-order chi connectivity index (χ0) is 16.3. The number of nitrogens with zero attached hydrogens (tertiary/aromatic N) is 1. The molecule has 2 amide bonds. The highest BCUT2D eigenvalue weighted by molar-refractivity contribution is 5.98. The normalized spacial score (nSPS) is 14.4. The number of carbonyl (C=O) groups excluding carboxylic acids is 2. The van der Waals surface area contributed by atoms with E-state index in [0.29, 0.717) is 24.4 Å². The van der Waals surface area contributed by atoms with E-state index >= 15 is 0 Å². The van der Waals surface area contributed by atoms with Crippen molar-refractivity contribution >= 4 is 35.6 Å². The van der Waals surface area contributed by atoms with E-state index in [4.69, 9.17) is 10.5 Å². The van der Waals surface area contributed by atoms with Gasteiger partial charge in [0.05, 0.1) is 18.2 Å². The molecule has 1 aromatic carbocycles. The van der Waals surface area contributed by atoms with E-state index in [1.807, 2.05) is 0 Å². The molecule has 2 rings (SSSR count). The Hall–Kier alpha value is -1.79. The topological polar surface area (TPSA) is 84.7 Å². The summed E-state index contributed by atoms with van der Waals surface area (Å²) in [5.74, 6) is 0.514. The number of nitrogens with two attached hydrogens (primary N) is 1. The van der Waals surface area contributed by atoms with E-state index in [9.17, 15) is 9.59 Å². The van der Waals surface area contributed by atoms with Crippen LogP contribution in [0.25, 0.3) is 0 Å². The molecule has 1 heterocycles. The van der Waals surface area contributed by atoms with E-state index in [0.717, 1.165) is 12.1 Å². The molecule has 1 aliphatic heterocycles. The fourth-order valence-corrected chi connectivity index (χ4v) is 2.27. The predicted octanol–water partition coefficient (Wildman–Crippen LogP) is 2.17. The van der Waals surface area contributed by atoms with Crippen LogP contribution in [-0.2, 0) is 9.59 Å². The molecular weight excluding hydrogens is 318 g/mol. The summed E-state index contributed by atoms with van der Waals surface area (Å²) in [6.07, 6.45) is 1.41. The fourth-order valence-electron chi connectivity index (χ4n) is 2.27. The van der Waals surface area contributed by atoms with E-state index < -0.39 is 5.41 Å². The Bertz CT molecular complexity index is 590. The van der Waals surface area contributed by atoms with Crippen LogP contribution in [0.3, 0.4) is 0 Å². The molecule has 0 aliphatic carbocycles. The number of hydrogen-bond acceptors (Lipinski definition) is 4. The number of benzene rings is 1. The van der Waals surface area contributed by atoms with Gasteiger partial charge in [0, 0.05) is 31.3 Å². The van der Waals surface area contributed by atoms with Crippen molar-refractivity contribution in [3.63, 3.8) is 0 Å². The molecule has 0 atom stereocenters. The van der Waals surface area contributed by atoms with Crippen molar-refractivity contribution in [2.45, 2.75) is 26.7 Å². The van der Waals surface area contributed by atoms with Crippen molar-refractivity contribution < 1.29 is 14.3 Å². The van der Waals surface area contributed by atoms with E-state index in [1.54, 1.807) is 44.1 Å². The smallest absolute Gasteiger partial charge is 0.231 e. The van der Waals surface area contributed by atoms with Crippen molar-refractivity contribution in [1.29, 1.82) is 0 Å². The molecule has 1 saturated heterocycles. The molecule has 1 fully saturated rings. The minimum atomic E-state index is -0.642. The number of hydrogen-bond donors (Lipinski definition) is 2. The molecule has 1 aliphatic rings. The highest BCUT2D eigenvalue weighted by atomic mass is 35.5. The number of rotatable bonds is 5. The number of anilines is 2. The molecule has 6 nitrogen and oxygen atoms in total. The first-order valence-corrected chi connectivity index (χ1v) is 7.39. The van der Waals surface area contributed by atoms with Crippen LogP contribution in [0.1, 0.15) is 26.7 Å². The standard InChI is InChI=1S/C16H23N3O3.ClH/c1-16(2,10-17)15(21)18-11-6-7-12(13(9-11)22-3)19-8-4-5-14(19)20;/h6-7,9H,4-5,8,10,17H2,1-3H3,(H,18,21);1H. The Labute approximate surface area is 142 Å². The number of carbonyl (C=O) groups is 2. The molecule has 3 N–H and O–H groups in total. The van der Waals surface area contributed by atoms with Crippen molar-refractivity contribution in [2.24, 2.45) is 11.1 Å². The second-order valence-electron chi connectivity index (χ2n) is 6.08. The molecule has 0 radical (unpaired) electrons. The van der Waals surface area contributed by atoms with Gasteiger partial charge < -0.3 is 20.7 Å². The summed E-state index contributed by atoms with van der Waals surface area (Å²) in [4.78, 5) is 25.7. The minimum absolute atomic E-state index is 0. The monoisotopic (exact) mass is 341 g/mol. The lowest BCUT2D eigenvalue weighted by atomic mass is 9.92. The number of amides is 2. The van der Waals surface area contributed by atoms with Crippen molar-refractivity contribution in [2.75, 3.05) is 30.4 Å². The average molecular weight is 342 g/mol. The van der Waals surface area contributed by atoms with E-state index in [-0.39, 0.29) is 30.8 Å². The average Bonchev–Trinajstić information content (AvgIpc) is 2.93. The molecular formula is C16H24ClN3O3. The molecule has 7 heteroatoms. The first-order chi connectivity index (χ1) is 10.4. The molecule has 23 heavy (non-hydrogen) atoms. The fraction of sp³-hybridized carbons (Fsp3) is 0.500. The Morgan fingerprint density at radius 3 is 2.65 bits per heavy atom. The molecule has 0 unspecified atom stereocenters. The first-order valence-electron chi connectivity index (χ1n) is 7.39. The lowest BCUT2D eigenvalue weighted by Gasteiger charge is -2.23. The lowest BCUT2D eigenvalue weighted by molar-refractivity contribution is -0.123. The quantitative estimate of drug-likeness (QED) is 0.859. The zero-order valence-corrected chi connectivity index (χ0v) is 14.5. The van der Waals surface area contributed by atoms with Gasteiger partial charge in [-0.15, -0.1) is 12.4 Å². The van der Waals surface area contributed by atoms with Crippen LogP contribution >= 0.6 is 12.4 Å². The summed E-state index contributed by atoms with van der Waals surface area (Å²) in [6.45, 7) is 4.53. The highest BCUT2D eigenvalue weighted by Gasteiger charge is 2.27. The largest absolute Gasteiger partial charge is 0.494 e. The Balaban J connectivity index is 0.00000264. The Morgan fingerprint density at radius 2 is 2.13 bits per heavy atom. The summed E-state index contributed by atoms with van der Waals surface area (Å²) < 4.78 is 5.37. The summed E-state index contributed by atoms with van der Waals surface area (Å²) in [6, 6.07) is 5.30. The second kappa shape index (κ2) is 7.66. The maximum atomic E-state index is 12.2. The maximum Gasteiger partial charge on any atom is 0.231 e. The van der Waals surface area contributed by atoms with Gasteiger partial charge in [-0.25, -0.2) is 0 Å². The summed E-state index contributed by atoms with van der Waals surface area (Å²) in [5.41, 5.74) is 6.33. The van der Waals surface area contributed by atoms with Crippen molar-refractivity contribution in [3.05, 3.63) is 18.2 Å². The van der Waals surface area contributed by atoms with Crippen LogP contribution in [0.15, 0.2) is 18.2 Å². The van der Waals surface area contributed by atoms with Crippen molar-refractivity contribution in [1.82, 2.24) is 0 Å². The Morgan fingerprint density at radius 1 is 1.43 bits per heavy atom. The van der Waals surface area contributed by atoms with E-state index in [2.05, 4.69) is 5.32 Å². The lowest BCUT2D eigenvalue weighted by Crippen LogP contribution is -2.37. The van der Waals surface area contributed by atoms with Crippen LogP contribution in [0, 0.1) is 5.41 Å². The number of halogens is 1. The van der Waals surface area contributed by atoms with Gasteiger partial charge in [-0.3, -0.25) is 9.59 Å². The van der Waals surface area contributed by atoms with Crippen LogP contribution in [0.5, 0.6) is 5.75 Å². The van der Waals surface area contributed by atoms with Crippen LogP contribution in [0.2, 0.25) is 0 Å². The zero-order valence-electron chi connectivity index (χ0n) is 13.7. The third-order valence-electron chi connectivity index (χ3n) is 3.93. The van der Waals surface area contributed by atoms with Gasteiger partial charge >= 0.3 is 0 Å². The maximum absolute atomic E-state index is 12.2. The second-order valence-corrected chi connectivity index (χ2v) is 6.08. The predicted molar refractivity (Wildman–Crippen MR) is 93.3 cm³/mol. The van der Waals surface area contributed by atoms with Gasteiger partial charge in [-0.1, -0.05) is 0 Å². The van der Waals surface area contributed by atoms with Gasteiger partial charge in [0.1, 0.15) is 5.75 Å². The number of methoxy groups -OCH3 is 1. The SMILES string of the molecule is COc1cc(NC(=O)C(C)(C)CN)ccc1N1CCCC1=O.Cl. The van der Waals surface area contributed by atoms with Crippen LogP contribution in [-0.4, -0.2) is 32.0 Å². The van der Waals surface area contributed by atoms with Crippen LogP contribution in [0.4, 0.5) is 11.4 Å². The molecule has 0 saturated carbocycles. The third kappa shape index (κ3) is 4.14. The first kappa shape index (κ1) is 19.3. The molecule has 0 bridgehead atoms. The summed E-state index contributed by atoms with van der Waals surface area (Å²) in [7, 11) is 1.55. The van der Waals surface area contributed by atoms with Crippen molar-refractivity contribution in [3.8, 4) is 5.75 Å². The molecule has 0 spiro atoms.